The number of benzene rings is 1. The third-order valence-electron chi connectivity index (χ3n) is 3.87. The molecule has 0 radical (unpaired) electrons. The van der Waals surface area contributed by atoms with E-state index in [1.165, 1.54) is 0 Å². The fourth-order valence-electron chi connectivity index (χ4n) is 2.67. The summed E-state index contributed by atoms with van der Waals surface area (Å²) in [6.45, 7) is 6.67. The molecule has 0 fully saturated rings. The molecular formula is C16H19N3O2. The minimum absolute atomic E-state index is 0.0433. The molecular weight excluding hydrogens is 266 g/mol. The van der Waals surface area contributed by atoms with Crippen LogP contribution < -0.4 is 0 Å². The molecule has 3 rings (SSSR count). The van der Waals surface area contributed by atoms with E-state index in [1.807, 2.05) is 49.9 Å². The average molecular weight is 285 g/mol. The molecule has 1 amide bonds. The quantitative estimate of drug-likeness (QED) is 0.864. The second-order valence-corrected chi connectivity index (χ2v) is 5.66. The lowest BCUT2D eigenvalue weighted by molar-refractivity contribution is 0.0658. The largest absolute Gasteiger partial charge is 0.337 e. The van der Waals surface area contributed by atoms with Crippen LogP contribution in [0.25, 0.3) is 0 Å². The van der Waals surface area contributed by atoms with Crippen molar-refractivity contribution in [2.24, 2.45) is 0 Å². The van der Waals surface area contributed by atoms with Crippen molar-refractivity contribution in [1.82, 2.24) is 15.0 Å². The van der Waals surface area contributed by atoms with Gasteiger partial charge in [0.1, 0.15) is 6.04 Å². The van der Waals surface area contributed by atoms with E-state index in [1.54, 1.807) is 0 Å². The highest BCUT2D eigenvalue weighted by atomic mass is 16.5. The molecule has 0 spiro atoms. The first-order valence-corrected chi connectivity index (χ1v) is 7.34. The number of carbonyl (C=O) groups excluding carboxylic acids is 1. The van der Waals surface area contributed by atoms with Gasteiger partial charge in [0.05, 0.1) is 0 Å². The number of carbonyl (C=O) groups is 1. The van der Waals surface area contributed by atoms with Gasteiger partial charge >= 0.3 is 0 Å². The van der Waals surface area contributed by atoms with Gasteiger partial charge in [-0.3, -0.25) is 4.79 Å². The molecule has 0 bridgehead atoms. The van der Waals surface area contributed by atoms with E-state index in [2.05, 4.69) is 10.1 Å². The average Bonchev–Trinajstić information content (AvgIpc) is 3.07. The molecule has 5 nitrogen and oxygen atoms in total. The summed E-state index contributed by atoms with van der Waals surface area (Å²) in [7, 11) is 0. The van der Waals surface area contributed by atoms with Crippen LogP contribution in [0, 0.1) is 0 Å². The van der Waals surface area contributed by atoms with Crippen molar-refractivity contribution in [3.63, 3.8) is 0 Å². The third kappa shape index (κ3) is 2.33. The number of hydrogen-bond acceptors (Lipinski definition) is 4. The molecule has 1 atom stereocenters. The van der Waals surface area contributed by atoms with E-state index in [0.29, 0.717) is 18.3 Å². The Morgan fingerprint density at radius 1 is 1.33 bits per heavy atom. The van der Waals surface area contributed by atoms with E-state index in [0.717, 1.165) is 17.5 Å². The van der Waals surface area contributed by atoms with Gasteiger partial charge in [0.15, 0.2) is 5.82 Å². The van der Waals surface area contributed by atoms with Gasteiger partial charge in [-0.2, -0.15) is 4.98 Å². The van der Waals surface area contributed by atoms with Gasteiger partial charge in [0.25, 0.3) is 5.91 Å². The Bertz CT molecular complexity index is 663. The molecule has 1 aliphatic rings. The maximum Gasteiger partial charge on any atom is 0.255 e. The zero-order chi connectivity index (χ0) is 15.0. The monoisotopic (exact) mass is 285 g/mol. The van der Waals surface area contributed by atoms with Crippen LogP contribution in [-0.4, -0.2) is 20.9 Å². The highest BCUT2D eigenvalue weighted by molar-refractivity contribution is 5.98. The van der Waals surface area contributed by atoms with Crippen LogP contribution >= 0.6 is 0 Å². The van der Waals surface area contributed by atoms with Crippen LogP contribution in [0.15, 0.2) is 28.8 Å². The predicted molar refractivity (Wildman–Crippen MR) is 77.7 cm³/mol. The smallest absolute Gasteiger partial charge is 0.255 e. The summed E-state index contributed by atoms with van der Waals surface area (Å²) in [5.41, 5.74) is 1.84. The van der Waals surface area contributed by atoms with Gasteiger partial charge in [-0.1, -0.05) is 44.1 Å². The lowest BCUT2D eigenvalue weighted by Crippen LogP contribution is -2.29. The summed E-state index contributed by atoms with van der Waals surface area (Å²) in [5, 5.41) is 4.01. The molecule has 1 aromatic carbocycles. The van der Waals surface area contributed by atoms with Gasteiger partial charge in [-0.05, 0) is 18.1 Å². The van der Waals surface area contributed by atoms with Gasteiger partial charge in [0, 0.05) is 18.0 Å². The molecule has 0 aliphatic carbocycles. The first-order valence-electron chi connectivity index (χ1n) is 7.34. The van der Waals surface area contributed by atoms with Crippen molar-refractivity contribution in [2.75, 3.05) is 0 Å². The van der Waals surface area contributed by atoms with Crippen molar-refractivity contribution in [3.8, 4) is 0 Å². The summed E-state index contributed by atoms with van der Waals surface area (Å²) in [6.07, 6.45) is 0.749. The van der Waals surface area contributed by atoms with E-state index < -0.39 is 0 Å². The van der Waals surface area contributed by atoms with Crippen molar-refractivity contribution in [1.29, 1.82) is 0 Å². The molecule has 0 saturated carbocycles. The number of hydrogen-bond donors (Lipinski definition) is 0. The number of nitrogens with zero attached hydrogens (tertiary/aromatic N) is 3. The predicted octanol–water partition coefficient (Wildman–Crippen LogP) is 3.30. The Hall–Kier alpha value is -2.17. The van der Waals surface area contributed by atoms with Crippen LogP contribution in [0.2, 0.25) is 0 Å². The number of rotatable bonds is 4. The molecule has 1 unspecified atom stereocenters. The first kappa shape index (κ1) is 13.8. The second kappa shape index (κ2) is 5.31. The molecule has 0 N–H and O–H groups in total. The topological polar surface area (TPSA) is 59.2 Å². The van der Waals surface area contributed by atoms with E-state index in [-0.39, 0.29) is 17.9 Å². The van der Waals surface area contributed by atoms with Crippen molar-refractivity contribution < 1.29 is 9.32 Å². The maximum atomic E-state index is 12.5. The van der Waals surface area contributed by atoms with E-state index in [4.69, 9.17) is 4.52 Å². The molecule has 2 heterocycles. The number of aromatic nitrogens is 2. The van der Waals surface area contributed by atoms with Gasteiger partial charge in [0.2, 0.25) is 5.89 Å². The Labute approximate surface area is 124 Å². The Morgan fingerprint density at radius 3 is 2.71 bits per heavy atom. The van der Waals surface area contributed by atoms with Gasteiger partial charge in [-0.25, -0.2) is 0 Å². The van der Waals surface area contributed by atoms with Crippen LogP contribution in [-0.2, 0) is 6.54 Å². The standard InChI is InChI=1S/C16H19N3O2/c1-4-13(15-17-14(10(2)3)18-21-15)19-9-11-7-5-6-8-12(11)16(19)20/h5-8,10,13H,4,9H2,1-3H3. The highest BCUT2D eigenvalue weighted by Gasteiger charge is 2.35. The Balaban J connectivity index is 1.89. The summed E-state index contributed by atoms with van der Waals surface area (Å²) in [4.78, 5) is 18.8. The molecule has 21 heavy (non-hydrogen) atoms. The lowest BCUT2D eigenvalue weighted by Gasteiger charge is -2.23. The minimum Gasteiger partial charge on any atom is -0.337 e. The summed E-state index contributed by atoms with van der Waals surface area (Å²) < 4.78 is 5.38. The zero-order valence-electron chi connectivity index (χ0n) is 12.5. The van der Waals surface area contributed by atoms with Gasteiger partial charge < -0.3 is 9.42 Å². The van der Waals surface area contributed by atoms with Crippen LogP contribution in [0.5, 0.6) is 0 Å². The Kier molecular flexibility index (Phi) is 3.49. The summed E-state index contributed by atoms with van der Waals surface area (Å²) >= 11 is 0. The van der Waals surface area contributed by atoms with E-state index in [9.17, 15) is 4.79 Å². The maximum absolute atomic E-state index is 12.5. The fraction of sp³-hybridized carbons (Fsp3) is 0.438. The normalized spacial score (nSPS) is 15.6. The minimum atomic E-state index is -0.162. The van der Waals surface area contributed by atoms with Crippen molar-refractivity contribution in [2.45, 2.75) is 45.7 Å². The van der Waals surface area contributed by atoms with Crippen molar-refractivity contribution >= 4 is 5.91 Å². The zero-order valence-corrected chi connectivity index (χ0v) is 12.5. The van der Waals surface area contributed by atoms with Gasteiger partial charge in [-0.15, -0.1) is 0 Å². The van der Waals surface area contributed by atoms with Crippen molar-refractivity contribution in [3.05, 3.63) is 47.1 Å². The molecule has 1 aliphatic heterocycles. The first-order chi connectivity index (χ1) is 10.1. The molecule has 2 aromatic rings. The lowest BCUT2D eigenvalue weighted by atomic mass is 10.1. The second-order valence-electron chi connectivity index (χ2n) is 5.66. The number of amides is 1. The SMILES string of the molecule is CCC(c1nc(C(C)C)no1)N1Cc2ccccc2C1=O. The number of fused-ring (bicyclic) bond motifs is 1. The Morgan fingerprint density at radius 2 is 2.10 bits per heavy atom. The fourth-order valence-corrected chi connectivity index (χ4v) is 2.67. The molecule has 0 saturated heterocycles. The van der Waals surface area contributed by atoms with Crippen LogP contribution in [0.1, 0.15) is 66.8 Å². The highest BCUT2D eigenvalue weighted by Crippen LogP contribution is 2.32. The molecule has 110 valence electrons. The summed E-state index contributed by atoms with van der Waals surface area (Å²) in [5.74, 6) is 1.48. The summed E-state index contributed by atoms with van der Waals surface area (Å²) in [6, 6.07) is 7.56. The third-order valence-corrected chi connectivity index (χ3v) is 3.87. The van der Waals surface area contributed by atoms with Crippen LogP contribution in [0.3, 0.4) is 0 Å². The van der Waals surface area contributed by atoms with Crippen LogP contribution in [0.4, 0.5) is 0 Å². The molecule has 1 aromatic heterocycles. The molecule has 5 heteroatoms. The van der Waals surface area contributed by atoms with E-state index >= 15 is 0 Å².